The molecule has 1 saturated heterocycles. The van der Waals surface area contributed by atoms with Crippen LogP contribution in [0, 0.1) is 5.92 Å². The maximum absolute atomic E-state index is 6.58. The highest BCUT2D eigenvalue weighted by atomic mass is 79.9. The third-order valence-corrected chi connectivity index (χ3v) is 7.17. The summed E-state index contributed by atoms with van der Waals surface area (Å²) in [7, 11) is 0. The molecule has 1 aliphatic rings. The number of hydrogen-bond donors (Lipinski definition) is 0. The van der Waals surface area contributed by atoms with Crippen LogP contribution in [0.3, 0.4) is 0 Å². The molecule has 0 aromatic heterocycles. The third-order valence-electron chi connectivity index (χ3n) is 6.27. The minimum atomic E-state index is -0.499. The number of ether oxygens (including phenoxy) is 5. The molecule has 0 aliphatic carbocycles. The predicted octanol–water partition coefficient (Wildman–Crippen LogP) is 6.37. The molecule has 1 heterocycles. The molecule has 3 aromatic carbocycles. The van der Waals surface area contributed by atoms with E-state index in [1.807, 2.05) is 66.7 Å². The number of halogens is 2. The van der Waals surface area contributed by atoms with E-state index in [0.29, 0.717) is 44.2 Å². The van der Waals surface area contributed by atoms with Crippen molar-refractivity contribution in [1.82, 2.24) is 0 Å². The van der Waals surface area contributed by atoms with Crippen molar-refractivity contribution in [3.63, 3.8) is 0 Å². The summed E-state index contributed by atoms with van der Waals surface area (Å²) in [5, 5.41) is 0.627. The molecule has 5 atom stereocenters. The first-order chi connectivity index (χ1) is 18.3. The van der Waals surface area contributed by atoms with Crippen LogP contribution in [0.5, 0.6) is 0 Å². The first-order valence-electron chi connectivity index (χ1n) is 12.6. The van der Waals surface area contributed by atoms with E-state index in [1.165, 1.54) is 0 Å². The second-order valence-corrected chi connectivity index (χ2v) is 9.97. The van der Waals surface area contributed by atoms with E-state index in [9.17, 15) is 0 Å². The molecule has 4 rings (SSSR count). The Kier molecular flexibility index (Phi) is 11.9. The average molecular weight is 590 g/mol. The van der Waals surface area contributed by atoms with Crippen LogP contribution in [0.15, 0.2) is 91.0 Å². The molecule has 0 N–H and O–H groups in total. The van der Waals surface area contributed by atoms with Crippen LogP contribution in [0.2, 0.25) is 0 Å². The zero-order chi connectivity index (χ0) is 25.7. The van der Waals surface area contributed by atoms with Gasteiger partial charge in [0.25, 0.3) is 0 Å². The fourth-order valence-corrected chi connectivity index (χ4v) is 5.16. The van der Waals surface area contributed by atoms with Gasteiger partial charge in [-0.25, -0.2) is 0 Å². The Hall–Kier alpha value is -1.77. The summed E-state index contributed by atoms with van der Waals surface area (Å²) < 4.78 is 31.8. The lowest BCUT2D eigenvalue weighted by Crippen LogP contribution is -2.59. The van der Waals surface area contributed by atoms with E-state index in [0.717, 1.165) is 16.7 Å². The molecule has 37 heavy (non-hydrogen) atoms. The number of rotatable bonds is 14. The van der Waals surface area contributed by atoms with Gasteiger partial charge in [0.2, 0.25) is 0 Å². The first kappa shape index (κ1) is 28.2. The fraction of sp³-hybridized carbons (Fsp3) is 0.400. The highest BCUT2D eigenvalue weighted by Gasteiger charge is 2.47. The number of benzene rings is 3. The van der Waals surface area contributed by atoms with Gasteiger partial charge in [-0.1, -0.05) is 107 Å². The van der Waals surface area contributed by atoms with E-state index in [-0.39, 0.29) is 24.2 Å². The van der Waals surface area contributed by atoms with Gasteiger partial charge in [-0.2, -0.15) is 0 Å². The molecule has 198 valence electrons. The molecule has 0 bridgehead atoms. The SMILES string of the molecule is ClCCO[C@@H]1O[C@H](COCc2ccccc2)[C@@H](OCc2ccccc2)[C@H](OCc2ccccc2)[C@H]1CBr. The van der Waals surface area contributed by atoms with E-state index in [1.54, 1.807) is 0 Å². The zero-order valence-electron chi connectivity index (χ0n) is 20.8. The summed E-state index contributed by atoms with van der Waals surface area (Å²) in [5.41, 5.74) is 3.29. The molecule has 5 nitrogen and oxygen atoms in total. The quantitative estimate of drug-likeness (QED) is 0.205. The van der Waals surface area contributed by atoms with Crippen molar-refractivity contribution >= 4 is 27.5 Å². The van der Waals surface area contributed by atoms with Gasteiger partial charge in [-0.15, -0.1) is 11.6 Å². The summed E-state index contributed by atoms with van der Waals surface area (Å²) in [6, 6.07) is 30.4. The fourth-order valence-electron chi connectivity index (χ4n) is 4.40. The third kappa shape index (κ3) is 8.62. The molecule has 1 fully saturated rings. The molecule has 0 radical (unpaired) electrons. The monoisotopic (exact) mass is 588 g/mol. The highest BCUT2D eigenvalue weighted by molar-refractivity contribution is 9.09. The second kappa shape index (κ2) is 15.6. The second-order valence-electron chi connectivity index (χ2n) is 8.94. The van der Waals surface area contributed by atoms with Crippen LogP contribution in [-0.4, -0.2) is 49.0 Å². The normalized spacial score (nSPS) is 23.7. The summed E-state index contributed by atoms with van der Waals surface area (Å²) in [5.74, 6) is 0.283. The van der Waals surface area contributed by atoms with E-state index < -0.39 is 6.29 Å². The highest BCUT2D eigenvalue weighted by Crippen LogP contribution is 2.34. The Labute approximate surface area is 233 Å². The Morgan fingerprint density at radius 3 is 1.70 bits per heavy atom. The molecule has 3 aromatic rings. The van der Waals surface area contributed by atoms with E-state index in [4.69, 9.17) is 35.3 Å². The summed E-state index contributed by atoms with van der Waals surface area (Å²) >= 11 is 9.63. The van der Waals surface area contributed by atoms with Crippen molar-refractivity contribution in [3.8, 4) is 0 Å². The Morgan fingerprint density at radius 1 is 0.676 bits per heavy atom. The Balaban J connectivity index is 1.54. The molecule has 0 saturated carbocycles. The maximum atomic E-state index is 6.58. The summed E-state index contributed by atoms with van der Waals surface area (Å²) in [6.45, 7) is 2.11. The van der Waals surface area contributed by atoms with Crippen LogP contribution in [0.4, 0.5) is 0 Å². The van der Waals surface area contributed by atoms with Crippen molar-refractivity contribution in [1.29, 1.82) is 0 Å². The van der Waals surface area contributed by atoms with Crippen LogP contribution in [-0.2, 0) is 43.5 Å². The molecule has 1 aliphatic heterocycles. The topological polar surface area (TPSA) is 46.2 Å². The summed E-state index contributed by atoms with van der Waals surface area (Å²) in [4.78, 5) is 0. The van der Waals surface area contributed by atoms with Gasteiger partial charge in [0, 0.05) is 17.1 Å². The van der Waals surface area contributed by atoms with Crippen molar-refractivity contribution in [2.24, 2.45) is 5.92 Å². The van der Waals surface area contributed by atoms with Gasteiger partial charge in [-0.05, 0) is 16.7 Å². The minimum absolute atomic E-state index is 0.0990. The van der Waals surface area contributed by atoms with Gasteiger partial charge in [0.15, 0.2) is 6.29 Å². The van der Waals surface area contributed by atoms with Crippen molar-refractivity contribution in [2.45, 2.75) is 44.4 Å². The minimum Gasteiger partial charge on any atom is -0.374 e. The molecular formula is C30H34BrClO5. The zero-order valence-corrected chi connectivity index (χ0v) is 23.1. The maximum Gasteiger partial charge on any atom is 0.164 e. The van der Waals surface area contributed by atoms with Crippen LogP contribution >= 0.6 is 27.5 Å². The lowest BCUT2D eigenvalue weighted by molar-refractivity contribution is -0.300. The van der Waals surface area contributed by atoms with Crippen molar-refractivity contribution in [2.75, 3.05) is 24.4 Å². The molecule has 7 heteroatoms. The van der Waals surface area contributed by atoms with E-state index in [2.05, 4.69) is 40.2 Å². The lowest BCUT2D eigenvalue weighted by Gasteiger charge is -2.45. The Bertz CT molecular complexity index is 1010. The largest absolute Gasteiger partial charge is 0.374 e. The summed E-state index contributed by atoms with van der Waals surface area (Å²) in [6.07, 6.45) is -1.54. The average Bonchev–Trinajstić information content (AvgIpc) is 2.95. The smallest absolute Gasteiger partial charge is 0.164 e. The van der Waals surface area contributed by atoms with Gasteiger partial charge in [0.05, 0.1) is 39.1 Å². The van der Waals surface area contributed by atoms with Gasteiger partial charge in [-0.3, -0.25) is 0 Å². The predicted molar refractivity (Wildman–Crippen MR) is 149 cm³/mol. The number of hydrogen-bond acceptors (Lipinski definition) is 5. The van der Waals surface area contributed by atoms with Crippen LogP contribution < -0.4 is 0 Å². The first-order valence-corrected chi connectivity index (χ1v) is 14.3. The van der Waals surface area contributed by atoms with Gasteiger partial charge < -0.3 is 23.7 Å². The van der Waals surface area contributed by atoms with Crippen molar-refractivity contribution in [3.05, 3.63) is 108 Å². The molecule has 0 unspecified atom stereocenters. The van der Waals surface area contributed by atoms with Crippen molar-refractivity contribution < 1.29 is 23.7 Å². The van der Waals surface area contributed by atoms with Crippen LogP contribution in [0.1, 0.15) is 16.7 Å². The van der Waals surface area contributed by atoms with Gasteiger partial charge in [0.1, 0.15) is 12.2 Å². The molecule has 0 spiro atoms. The standard InChI is InChI=1S/C30H34BrClO5/c31-18-26-28(35-20-24-12-6-2-7-13-24)29(36-21-25-14-8-3-9-15-25)27(37-30(26)34-17-16-32)22-33-19-23-10-4-1-5-11-23/h1-15,26-30H,16-22H2/t26-,27-,28-,29-,30-/m1/s1. The Morgan fingerprint density at radius 2 is 1.19 bits per heavy atom. The molecular weight excluding hydrogens is 556 g/mol. The van der Waals surface area contributed by atoms with Gasteiger partial charge >= 0.3 is 0 Å². The molecule has 0 amide bonds. The van der Waals surface area contributed by atoms with E-state index >= 15 is 0 Å². The van der Waals surface area contributed by atoms with Crippen LogP contribution in [0.25, 0.3) is 0 Å². The number of alkyl halides is 2. The lowest BCUT2D eigenvalue weighted by atomic mass is 9.91.